The number of nitrogens with zero attached hydrogens (tertiary/aromatic N) is 1. The molecule has 0 radical (unpaired) electrons. The van der Waals surface area contributed by atoms with Crippen LogP contribution in [0.4, 0.5) is 17.1 Å². The fourth-order valence-corrected chi connectivity index (χ4v) is 4.29. The van der Waals surface area contributed by atoms with Gasteiger partial charge in [0.2, 0.25) is 0 Å². The first-order valence-electron chi connectivity index (χ1n) is 11.2. The van der Waals surface area contributed by atoms with E-state index in [-0.39, 0.29) is 5.41 Å². The number of fused-ring (bicyclic) bond motifs is 1. The summed E-state index contributed by atoms with van der Waals surface area (Å²) in [5.41, 5.74) is 8.34. The molecule has 0 aromatic heterocycles. The van der Waals surface area contributed by atoms with Gasteiger partial charge < -0.3 is 10.2 Å². The Morgan fingerprint density at radius 2 is 1.62 bits per heavy atom. The third-order valence-electron chi connectivity index (χ3n) is 5.96. The smallest absolute Gasteiger partial charge is 0.0495 e. The van der Waals surface area contributed by atoms with E-state index in [2.05, 4.69) is 139 Å². The molecule has 1 heterocycles. The molecule has 1 aliphatic heterocycles. The number of benzene rings is 3. The lowest BCUT2D eigenvalue weighted by Gasteiger charge is -2.27. The van der Waals surface area contributed by atoms with Crippen LogP contribution >= 0.6 is 0 Å². The monoisotopic (exact) mass is 416 g/mol. The largest absolute Gasteiger partial charge is 0.381 e. The average molecular weight is 417 g/mol. The molecule has 0 saturated heterocycles. The van der Waals surface area contributed by atoms with Gasteiger partial charge >= 0.3 is 0 Å². The minimum Gasteiger partial charge on any atom is -0.381 e. The first-order chi connectivity index (χ1) is 15.6. The van der Waals surface area contributed by atoms with Gasteiger partial charge in [-0.2, -0.15) is 0 Å². The van der Waals surface area contributed by atoms with Crippen molar-refractivity contribution in [1.82, 2.24) is 0 Å². The topological polar surface area (TPSA) is 15.3 Å². The van der Waals surface area contributed by atoms with Crippen molar-refractivity contribution < 1.29 is 0 Å². The van der Waals surface area contributed by atoms with Gasteiger partial charge in [0.05, 0.1) is 0 Å². The fourth-order valence-electron chi connectivity index (χ4n) is 4.29. The Morgan fingerprint density at radius 3 is 2.50 bits per heavy atom. The fraction of sp³-hybridized carbons (Fsp3) is 0.133. The van der Waals surface area contributed by atoms with Crippen LogP contribution in [0.15, 0.2) is 115 Å². The van der Waals surface area contributed by atoms with Gasteiger partial charge in [0.25, 0.3) is 0 Å². The van der Waals surface area contributed by atoms with Gasteiger partial charge in [0, 0.05) is 40.3 Å². The summed E-state index contributed by atoms with van der Waals surface area (Å²) in [6.45, 7) is 5.31. The van der Waals surface area contributed by atoms with Crippen LogP contribution < -0.4 is 10.2 Å². The molecule has 0 spiro atoms. The molecule has 2 heteroatoms. The van der Waals surface area contributed by atoms with Crippen LogP contribution in [0, 0.1) is 5.41 Å². The quantitative estimate of drug-likeness (QED) is 0.464. The van der Waals surface area contributed by atoms with Gasteiger partial charge in [-0.3, -0.25) is 0 Å². The first kappa shape index (κ1) is 20.1. The number of nitrogens with one attached hydrogen (secondary N) is 1. The zero-order valence-electron chi connectivity index (χ0n) is 18.6. The highest BCUT2D eigenvalue weighted by molar-refractivity contribution is 5.88. The SMILES string of the molecule is CC1(C)C=CC=C(N(c2ccccc2)c2cccc(-c3cccc4c3NCC=C4)c2)C=C1. The second-order valence-electron chi connectivity index (χ2n) is 8.88. The lowest BCUT2D eigenvalue weighted by atomic mass is 9.93. The van der Waals surface area contributed by atoms with E-state index in [0.717, 1.165) is 23.6 Å². The molecule has 32 heavy (non-hydrogen) atoms. The highest BCUT2D eigenvalue weighted by Gasteiger charge is 2.18. The van der Waals surface area contributed by atoms with Crippen molar-refractivity contribution in [3.63, 3.8) is 0 Å². The molecule has 0 bridgehead atoms. The summed E-state index contributed by atoms with van der Waals surface area (Å²) in [4.78, 5) is 2.33. The average Bonchev–Trinajstić information content (AvgIpc) is 3.00. The molecule has 1 aliphatic carbocycles. The normalized spacial score (nSPS) is 16.0. The predicted molar refractivity (Wildman–Crippen MR) is 138 cm³/mol. The second-order valence-corrected chi connectivity index (χ2v) is 8.88. The molecule has 0 unspecified atom stereocenters. The van der Waals surface area contributed by atoms with Gasteiger partial charge in [0.15, 0.2) is 0 Å². The zero-order chi connectivity index (χ0) is 22.0. The van der Waals surface area contributed by atoms with Crippen molar-refractivity contribution in [1.29, 1.82) is 0 Å². The number of hydrogen-bond acceptors (Lipinski definition) is 2. The molecule has 0 amide bonds. The molecule has 0 fully saturated rings. The maximum Gasteiger partial charge on any atom is 0.0495 e. The highest BCUT2D eigenvalue weighted by Crippen LogP contribution is 2.38. The summed E-state index contributed by atoms with van der Waals surface area (Å²) in [5, 5.41) is 3.56. The van der Waals surface area contributed by atoms with Crippen molar-refractivity contribution in [3.8, 4) is 11.1 Å². The Hall–Kier alpha value is -3.78. The van der Waals surface area contributed by atoms with Crippen molar-refractivity contribution in [3.05, 3.63) is 121 Å². The van der Waals surface area contributed by atoms with E-state index in [1.54, 1.807) is 0 Å². The maximum absolute atomic E-state index is 3.56. The number of para-hydroxylation sites is 2. The minimum absolute atomic E-state index is 0.0325. The minimum atomic E-state index is 0.0325. The summed E-state index contributed by atoms with van der Waals surface area (Å²) in [6.07, 6.45) is 15.5. The molecular formula is C30H28N2. The van der Waals surface area contributed by atoms with Crippen LogP contribution in [-0.2, 0) is 0 Å². The van der Waals surface area contributed by atoms with Crippen molar-refractivity contribution in [2.45, 2.75) is 13.8 Å². The van der Waals surface area contributed by atoms with E-state index in [9.17, 15) is 0 Å². The van der Waals surface area contributed by atoms with E-state index in [1.165, 1.54) is 22.4 Å². The first-order valence-corrected chi connectivity index (χ1v) is 11.2. The van der Waals surface area contributed by atoms with Crippen LogP contribution in [0.2, 0.25) is 0 Å². The number of anilines is 3. The van der Waals surface area contributed by atoms with Crippen LogP contribution in [0.3, 0.4) is 0 Å². The maximum atomic E-state index is 3.56. The molecule has 3 aromatic rings. The Balaban J connectivity index is 1.62. The van der Waals surface area contributed by atoms with Gasteiger partial charge in [-0.05, 0) is 47.5 Å². The number of hydrogen-bond donors (Lipinski definition) is 1. The van der Waals surface area contributed by atoms with Gasteiger partial charge in [-0.25, -0.2) is 0 Å². The number of allylic oxidation sites excluding steroid dienone is 5. The third-order valence-corrected chi connectivity index (χ3v) is 5.96. The Kier molecular flexibility index (Phi) is 5.28. The van der Waals surface area contributed by atoms with E-state index >= 15 is 0 Å². The van der Waals surface area contributed by atoms with Crippen LogP contribution in [0.25, 0.3) is 17.2 Å². The van der Waals surface area contributed by atoms with Gasteiger partial charge in [0.1, 0.15) is 0 Å². The Bertz CT molecular complexity index is 1240. The molecular weight excluding hydrogens is 388 g/mol. The zero-order valence-corrected chi connectivity index (χ0v) is 18.6. The van der Waals surface area contributed by atoms with Crippen molar-refractivity contribution in [2.75, 3.05) is 16.8 Å². The molecule has 0 saturated carbocycles. The number of rotatable bonds is 4. The molecule has 5 rings (SSSR count). The third kappa shape index (κ3) is 4.04. The molecule has 1 N–H and O–H groups in total. The predicted octanol–water partition coefficient (Wildman–Crippen LogP) is 7.97. The lowest BCUT2D eigenvalue weighted by molar-refractivity contribution is 0.627. The van der Waals surface area contributed by atoms with Crippen LogP contribution in [-0.4, -0.2) is 6.54 Å². The lowest BCUT2D eigenvalue weighted by Crippen LogP contribution is -2.15. The molecule has 0 atom stereocenters. The highest BCUT2D eigenvalue weighted by atomic mass is 15.1. The second kappa shape index (κ2) is 8.39. The molecule has 158 valence electrons. The molecule has 2 nitrogen and oxygen atoms in total. The van der Waals surface area contributed by atoms with Gasteiger partial charge in [-0.1, -0.05) is 92.8 Å². The van der Waals surface area contributed by atoms with Crippen molar-refractivity contribution >= 4 is 23.1 Å². The summed E-state index contributed by atoms with van der Waals surface area (Å²) < 4.78 is 0. The Morgan fingerprint density at radius 1 is 0.812 bits per heavy atom. The van der Waals surface area contributed by atoms with Crippen molar-refractivity contribution in [2.24, 2.45) is 5.41 Å². The summed E-state index contributed by atoms with van der Waals surface area (Å²) in [5.74, 6) is 0. The standard InChI is InChI=1S/C30H28N2/c1-30(2)19-8-16-26(18-20-30)32(25-13-4-3-5-14-25)27-15-6-11-24(22-27)28-17-7-10-23-12-9-21-31-29(23)28/h3-20,22,31H,21H2,1-2H3. The Labute approximate surface area is 190 Å². The summed E-state index contributed by atoms with van der Waals surface area (Å²) in [7, 11) is 0. The molecule has 3 aromatic carbocycles. The van der Waals surface area contributed by atoms with E-state index in [1.807, 2.05) is 0 Å². The molecule has 2 aliphatic rings. The van der Waals surface area contributed by atoms with E-state index in [0.29, 0.717) is 0 Å². The van der Waals surface area contributed by atoms with Crippen LogP contribution in [0.5, 0.6) is 0 Å². The van der Waals surface area contributed by atoms with E-state index in [4.69, 9.17) is 0 Å². The summed E-state index contributed by atoms with van der Waals surface area (Å²) in [6, 6.07) is 25.9. The summed E-state index contributed by atoms with van der Waals surface area (Å²) >= 11 is 0. The van der Waals surface area contributed by atoms with Gasteiger partial charge in [-0.15, -0.1) is 0 Å². The van der Waals surface area contributed by atoms with Crippen LogP contribution in [0.1, 0.15) is 19.4 Å². The van der Waals surface area contributed by atoms with E-state index < -0.39 is 0 Å².